The lowest BCUT2D eigenvalue weighted by molar-refractivity contribution is 0.101. The SMILES string of the molecule is CC(C)N1CCC(O)C1c1cccc(Br)c1. The zero-order valence-electron chi connectivity index (χ0n) is 9.73. The highest BCUT2D eigenvalue weighted by Gasteiger charge is 2.35. The maximum atomic E-state index is 10.1. The van der Waals surface area contributed by atoms with Crippen LogP contribution in [0.5, 0.6) is 0 Å². The smallest absolute Gasteiger partial charge is 0.0749 e. The standard InChI is InChI=1S/C13H18BrNO/c1-9(2)15-7-6-12(16)13(15)10-4-3-5-11(14)8-10/h3-5,8-9,12-13,16H,6-7H2,1-2H3. The molecule has 0 aliphatic carbocycles. The van der Waals surface area contributed by atoms with Gasteiger partial charge in [-0.3, -0.25) is 4.90 Å². The number of likely N-dealkylation sites (tertiary alicyclic amines) is 1. The van der Waals surface area contributed by atoms with Crippen molar-refractivity contribution in [2.75, 3.05) is 6.54 Å². The van der Waals surface area contributed by atoms with Crippen LogP contribution in [0, 0.1) is 0 Å². The van der Waals surface area contributed by atoms with Gasteiger partial charge in [-0.15, -0.1) is 0 Å². The Morgan fingerprint density at radius 3 is 2.81 bits per heavy atom. The van der Waals surface area contributed by atoms with Gasteiger partial charge in [0, 0.05) is 17.1 Å². The molecule has 2 unspecified atom stereocenters. The van der Waals surface area contributed by atoms with Gasteiger partial charge in [0.2, 0.25) is 0 Å². The number of halogens is 1. The molecule has 0 radical (unpaired) electrons. The van der Waals surface area contributed by atoms with Crippen molar-refractivity contribution in [3.8, 4) is 0 Å². The minimum Gasteiger partial charge on any atom is -0.391 e. The Kier molecular flexibility index (Phi) is 3.67. The van der Waals surface area contributed by atoms with Crippen LogP contribution >= 0.6 is 15.9 Å². The van der Waals surface area contributed by atoms with Crippen LogP contribution in [-0.2, 0) is 0 Å². The third kappa shape index (κ3) is 2.31. The Labute approximate surface area is 105 Å². The molecule has 1 N–H and O–H groups in total. The van der Waals surface area contributed by atoms with E-state index in [9.17, 15) is 5.11 Å². The number of nitrogens with zero attached hydrogens (tertiary/aromatic N) is 1. The van der Waals surface area contributed by atoms with Crippen LogP contribution < -0.4 is 0 Å². The first-order valence-electron chi connectivity index (χ1n) is 5.79. The summed E-state index contributed by atoms with van der Waals surface area (Å²) >= 11 is 3.49. The second-order valence-corrected chi connectivity index (χ2v) is 5.60. The Bertz CT molecular complexity index is 367. The lowest BCUT2D eigenvalue weighted by atomic mass is 10.0. The predicted molar refractivity (Wildman–Crippen MR) is 69.3 cm³/mol. The van der Waals surface area contributed by atoms with Gasteiger partial charge in [-0.05, 0) is 38.0 Å². The Morgan fingerprint density at radius 2 is 2.19 bits per heavy atom. The fourth-order valence-corrected chi connectivity index (χ4v) is 2.90. The first-order chi connectivity index (χ1) is 7.59. The Hall–Kier alpha value is -0.380. The number of aliphatic hydroxyl groups excluding tert-OH is 1. The van der Waals surface area contributed by atoms with Gasteiger partial charge >= 0.3 is 0 Å². The summed E-state index contributed by atoms with van der Waals surface area (Å²) in [5, 5.41) is 10.1. The first-order valence-corrected chi connectivity index (χ1v) is 6.58. The second-order valence-electron chi connectivity index (χ2n) is 4.69. The normalized spacial score (nSPS) is 26.6. The molecule has 1 saturated heterocycles. The molecule has 1 heterocycles. The highest BCUT2D eigenvalue weighted by Crippen LogP contribution is 2.34. The molecule has 0 spiro atoms. The molecule has 1 aromatic carbocycles. The largest absolute Gasteiger partial charge is 0.391 e. The highest BCUT2D eigenvalue weighted by atomic mass is 79.9. The van der Waals surface area contributed by atoms with E-state index in [1.165, 1.54) is 5.56 Å². The molecular formula is C13H18BrNO. The minimum atomic E-state index is -0.239. The van der Waals surface area contributed by atoms with Crippen LogP contribution in [0.1, 0.15) is 31.9 Å². The van der Waals surface area contributed by atoms with Crippen molar-refractivity contribution >= 4 is 15.9 Å². The number of rotatable bonds is 2. The summed E-state index contributed by atoms with van der Waals surface area (Å²) in [4.78, 5) is 2.37. The van der Waals surface area contributed by atoms with Crippen molar-refractivity contribution < 1.29 is 5.11 Å². The van der Waals surface area contributed by atoms with Crippen molar-refractivity contribution in [2.45, 2.75) is 38.5 Å². The molecule has 1 fully saturated rings. The number of hydrogen-bond acceptors (Lipinski definition) is 2. The summed E-state index contributed by atoms with van der Waals surface area (Å²) in [6.07, 6.45) is 0.631. The van der Waals surface area contributed by atoms with Gasteiger partial charge in [-0.25, -0.2) is 0 Å². The fraction of sp³-hybridized carbons (Fsp3) is 0.538. The van der Waals surface area contributed by atoms with E-state index in [1.807, 2.05) is 12.1 Å². The average Bonchev–Trinajstić information content (AvgIpc) is 2.60. The number of hydrogen-bond donors (Lipinski definition) is 1. The van der Waals surface area contributed by atoms with Crippen molar-refractivity contribution in [1.82, 2.24) is 4.90 Å². The van der Waals surface area contributed by atoms with Crippen LogP contribution in [-0.4, -0.2) is 28.7 Å². The molecule has 0 aromatic heterocycles. The first kappa shape index (κ1) is 12.1. The number of benzene rings is 1. The Morgan fingerprint density at radius 1 is 1.44 bits per heavy atom. The van der Waals surface area contributed by atoms with E-state index in [4.69, 9.17) is 0 Å². The van der Waals surface area contributed by atoms with Crippen LogP contribution in [0.3, 0.4) is 0 Å². The average molecular weight is 284 g/mol. The molecule has 1 aliphatic rings. The molecule has 16 heavy (non-hydrogen) atoms. The minimum absolute atomic E-state index is 0.150. The summed E-state index contributed by atoms with van der Waals surface area (Å²) < 4.78 is 1.08. The summed E-state index contributed by atoms with van der Waals surface area (Å²) in [5.74, 6) is 0. The Balaban J connectivity index is 2.30. The third-order valence-electron chi connectivity index (χ3n) is 3.26. The van der Waals surface area contributed by atoms with Crippen LogP contribution in [0.15, 0.2) is 28.7 Å². The summed E-state index contributed by atoms with van der Waals surface area (Å²) in [5.41, 5.74) is 1.20. The molecule has 2 nitrogen and oxygen atoms in total. The molecule has 3 heteroatoms. The topological polar surface area (TPSA) is 23.5 Å². The fourth-order valence-electron chi connectivity index (χ4n) is 2.48. The molecular weight excluding hydrogens is 266 g/mol. The molecule has 88 valence electrons. The van der Waals surface area contributed by atoms with E-state index >= 15 is 0 Å². The van der Waals surface area contributed by atoms with Crippen molar-refractivity contribution in [3.05, 3.63) is 34.3 Å². The number of aliphatic hydroxyl groups is 1. The van der Waals surface area contributed by atoms with E-state index in [1.54, 1.807) is 0 Å². The monoisotopic (exact) mass is 283 g/mol. The zero-order chi connectivity index (χ0) is 11.7. The molecule has 0 saturated carbocycles. The van der Waals surface area contributed by atoms with Crippen molar-refractivity contribution in [1.29, 1.82) is 0 Å². The van der Waals surface area contributed by atoms with Gasteiger partial charge in [-0.1, -0.05) is 28.1 Å². The molecule has 1 aliphatic heterocycles. The van der Waals surface area contributed by atoms with Gasteiger partial charge in [0.15, 0.2) is 0 Å². The van der Waals surface area contributed by atoms with Crippen LogP contribution in [0.4, 0.5) is 0 Å². The quantitative estimate of drug-likeness (QED) is 0.902. The van der Waals surface area contributed by atoms with Crippen molar-refractivity contribution in [3.63, 3.8) is 0 Å². The van der Waals surface area contributed by atoms with Crippen molar-refractivity contribution in [2.24, 2.45) is 0 Å². The predicted octanol–water partition coefficient (Wildman–Crippen LogP) is 2.97. The van der Waals surface area contributed by atoms with Gasteiger partial charge in [0.05, 0.1) is 12.1 Å². The zero-order valence-corrected chi connectivity index (χ0v) is 11.3. The maximum Gasteiger partial charge on any atom is 0.0749 e. The van der Waals surface area contributed by atoms with E-state index in [0.29, 0.717) is 6.04 Å². The van der Waals surface area contributed by atoms with E-state index in [0.717, 1.165) is 17.4 Å². The summed E-state index contributed by atoms with van der Waals surface area (Å²) in [7, 11) is 0. The second kappa shape index (κ2) is 4.86. The van der Waals surface area contributed by atoms with Gasteiger partial charge < -0.3 is 5.11 Å². The van der Waals surface area contributed by atoms with Gasteiger partial charge in [-0.2, -0.15) is 0 Å². The van der Waals surface area contributed by atoms with E-state index in [2.05, 4.69) is 46.8 Å². The summed E-state index contributed by atoms with van der Waals surface area (Å²) in [6, 6.07) is 8.88. The van der Waals surface area contributed by atoms with Crippen LogP contribution in [0.2, 0.25) is 0 Å². The summed E-state index contributed by atoms with van der Waals surface area (Å²) in [6.45, 7) is 5.35. The molecule has 2 atom stereocenters. The lowest BCUT2D eigenvalue weighted by Crippen LogP contribution is -2.33. The maximum absolute atomic E-state index is 10.1. The van der Waals surface area contributed by atoms with Crippen LogP contribution in [0.25, 0.3) is 0 Å². The lowest BCUT2D eigenvalue weighted by Gasteiger charge is -2.30. The van der Waals surface area contributed by atoms with E-state index < -0.39 is 0 Å². The highest BCUT2D eigenvalue weighted by molar-refractivity contribution is 9.10. The van der Waals surface area contributed by atoms with Gasteiger partial charge in [0.25, 0.3) is 0 Å². The molecule has 0 amide bonds. The molecule has 1 aromatic rings. The molecule has 2 rings (SSSR count). The molecule has 0 bridgehead atoms. The van der Waals surface area contributed by atoms with E-state index in [-0.39, 0.29) is 12.1 Å². The van der Waals surface area contributed by atoms with Gasteiger partial charge in [0.1, 0.15) is 0 Å². The third-order valence-corrected chi connectivity index (χ3v) is 3.75.